The quantitative estimate of drug-likeness (QED) is 0.242. The van der Waals surface area contributed by atoms with Crippen LogP contribution in [0, 0.1) is 16.7 Å². The van der Waals surface area contributed by atoms with Gasteiger partial charge in [-0.25, -0.2) is 0 Å². The van der Waals surface area contributed by atoms with Gasteiger partial charge < -0.3 is 37.4 Å². The summed E-state index contributed by atoms with van der Waals surface area (Å²) in [5, 5.41) is 45.9. The number of fused-ring (bicyclic) bond motifs is 3. The molecule has 252 valence electrons. The molecule has 1 saturated carbocycles. The highest BCUT2D eigenvalue weighted by Crippen LogP contribution is 2.59. The number of anilines is 1. The molecular weight excluding hydrogens is 614 g/mol. The number of hydrogen-bond donors (Lipinski definition) is 6. The lowest BCUT2D eigenvalue weighted by atomic mass is 9.47. The largest absolute Gasteiger partial charge is 0.509 e. The molecule has 1 aliphatic heterocycles. The lowest BCUT2D eigenvalue weighted by Crippen LogP contribution is -2.80. The van der Waals surface area contributed by atoms with Gasteiger partial charge in [-0.15, -0.1) is 0 Å². The second-order valence-corrected chi connectivity index (χ2v) is 14.0. The molecule has 9 N–H and O–H groups in total. The second kappa shape index (κ2) is 11.2. The van der Waals surface area contributed by atoms with Crippen LogP contribution in [0.4, 0.5) is 5.69 Å². The van der Waals surface area contributed by atoms with E-state index in [4.69, 9.17) is 17.2 Å². The second-order valence-electron chi connectivity index (χ2n) is 14.0. The number of rotatable bonds is 6. The molecule has 2 aromatic rings. The number of phenolic OH excluding ortho intramolecular Hbond substituents is 1. The van der Waals surface area contributed by atoms with Crippen molar-refractivity contribution in [1.82, 2.24) is 9.80 Å². The van der Waals surface area contributed by atoms with Crippen LogP contribution in [0.25, 0.3) is 16.9 Å². The van der Waals surface area contributed by atoms with Crippen molar-refractivity contribution in [2.24, 2.45) is 22.6 Å². The van der Waals surface area contributed by atoms with E-state index >= 15 is 0 Å². The van der Waals surface area contributed by atoms with Gasteiger partial charge in [0.2, 0.25) is 0 Å². The van der Waals surface area contributed by atoms with Crippen molar-refractivity contribution in [1.29, 1.82) is 5.26 Å². The number of primary amides is 1. The van der Waals surface area contributed by atoms with E-state index in [2.05, 4.69) is 4.90 Å². The fraction of sp³-hybridized carbons (Fsp3) is 0.429. The third kappa shape index (κ3) is 4.40. The molecule has 1 heterocycles. The molecule has 2 fully saturated rings. The lowest BCUT2D eigenvalue weighted by Gasteiger charge is -2.58. The van der Waals surface area contributed by atoms with Crippen molar-refractivity contribution in [2.45, 2.75) is 49.3 Å². The molecule has 0 unspecified atom stereocenters. The van der Waals surface area contributed by atoms with Gasteiger partial charge in [0.1, 0.15) is 22.8 Å². The number of hydrogen-bond acceptors (Lipinski definition) is 12. The van der Waals surface area contributed by atoms with Crippen LogP contribution in [-0.2, 0) is 27.3 Å². The Hall–Kier alpha value is -4.74. The van der Waals surface area contributed by atoms with Gasteiger partial charge in [-0.3, -0.25) is 24.2 Å². The molecule has 2 aromatic carbocycles. The Morgan fingerprint density at radius 3 is 2.23 bits per heavy atom. The van der Waals surface area contributed by atoms with Crippen LogP contribution < -0.4 is 22.1 Å². The van der Waals surface area contributed by atoms with E-state index in [1.54, 1.807) is 25.1 Å². The number of nitrogens with zero attached hydrogens (tertiary/aromatic N) is 4. The van der Waals surface area contributed by atoms with E-state index in [9.17, 15) is 35.0 Å². The average molecular weight is 656 g/mol. The zero-order valence-corrected chi connectivity index (χ0v) is 27.5. The van der Waals surface area contributed by atoms with Crippen LogP contribution in [0.1, 0.15) is 36.0 Å². The number of nitrogens with two attached hydrogens (primary N) is 3. The first kappa shape index (κ1) is 33.2. The third-order valence-electron chi connectivity index (χ3n) is 10.6. The molecule has 6 rings (SSSR count). The van der Waals surface area contributed by atoms with E-state index in [-0.39, 0.29) is 17.7 Å². The van der Waals surface area contributed by atoms with E-state index in [1.165, 1.54) is 31.8 Å². The number of ketones is 2. The van der Waals surface area contributed by atoms with E-state index in [0.717, 1.165) is 25.2 Å². The maximum absolute atomic E-state index is 14.7. The number of carbonyl (C=O) groups is 3. The molecule has 0 aromatic heterocycles. The topological polar surface area (TPSA) is 223 Å². The SMILES string of the molecule is CN(C)c1cc(-c2ccc(CN3CCCC3)cc2)c(O)c2c1C[C@@]1(N)C[C@@]3(N)[C@H](N(C)C)C(=O)C(C(N)=O)=C(O)[C@@]3(C#N)C(=O)C1=C2O. The highest BCUT2D eigenvalue weighted by Gasteiger charge is 2.74. The number of aliphatic hydroxyl groups excluding tert-OH is 2. The minimum atomic E-state index is -2.72. The minimum Gasteiger partial charge on any atom is -0.509 e. The smallest absolute Gasteiger partial charge is 0.255 e. The Labute approximate surface area is 278 Å². The summed E-state index contributed by atoms with van der Waals surface area (Å²) in [6.07, 6.45) is 1.80. The predicted octanol–water partition coefficient (Wildman–Crippen LogP) is 1.23. The number of amides is 1. The number of nitriles is 1. The lowest BCUT2D eigenvalue weighted by molar-refractivity contribution is -0.139. The summed E-state index contributed by atoms with van der Waals surface area (Å²) >= 11 is 0. The molecule has 3 aliphatic carbocycles. The highest BCUT2D eigenvalue weighted by molar-refractivity contribution is 6.25. The Morgan fingerprint density at radius 2 is 1.69 bits per heavy atom. The molecule has 4 aliphatic rings. The first-order valence-corrected chi connectivity index (χ1v) is 15.8. The van der Waals surface area contributed by atoms with Crippen molar-refractivity contribution in [3.63, 3.8) is 0 Å². The first-order chi connectivity index (χ1) is 22.5. The number of carbonyl (C=O) groups excluding carboxylic acids is 3. The molecule has 1 amide bonds. The normalized spacial score (nSPS) is 28.7. The van der Waals surface area contributed by atoms with Crippen LogP contribution in [0.2, 0.25) is 0 Å². The van der Waals surface area contributed by atoms with Crippen molar-refractivity contribution in [3.8, 4) is 22.9 Å². The maximum atomic E-state index is 14.7. The molecule has 13 heteroatoms. The number of Topliss-reactive ketones (excluding diaryl/α,β-unsaturated/α-hetero) is 2. The summed E-state index contributed by atoms with van der Waals surface area (Å²) < 4.78 is 0. The van der Waals surface area contributed by atoms with Gasteiger partial charge in [0, 0.05) is 31.9 Å². The van der Waals surface area contributed by atoms with Gasteiger partial charge in [-0.1, -0.05) is 24.3 Å². The van der Waals surface area contributed by atoms with Crippen molar-refractivity contribution in [3.05, 3.63) is 63.9 Å². The van der Waals surface area contributed by atoms with Crippen molar-refractivity contribution < 1.29 is 29.7 Å². The van der Waals surface area contributed by atoms with Crippen LogP contribution in [0.3, 0.4) is 0 Å². The van der Waals surface area contributed by atoms with Gasteiger partial charge >= 0.3 is 0 Å². The fourth-order valence-corrected chi connectivity index (χ4v) is 8.49. The number of likely N-dealkylation sites (tertiary alicyclic amines) is 1. The summed E-state index contributed by atoms with van der Waals surface area (Å²) in [7, 11) is 6.55. The van der Waals surface area contributed by atoms with Gasteiger partial charge in [-0.2, -0.15) is 5.26 Å². The Balaban J connectivity index is 1.57. The molecule has 13 nitrogen and oxygen atoms in total. The minimum absolute atomic E-state index is 0.0472. The summed E-state index contributed by atoms with van der Waals surface area (Å²) in [6.45, 7) is 2.92. The monoisotopic (exact) mass is 655 g/mol. The average Bonchev–Trinajstić information content (AvgIpc) is 3.49. The van der Waals surface area contributed by atoms with Gasteiger partial charge in [0.15, 0.2) is 17.0 Å². The standard InChI is InChI=1S/C35H41N7O6/c1-40(2)22-13-20(19-9-7-18(8-10-19)15-42-11-5-6-12-42)26(43)23-21(22)14-33(38)16-35(39)29(41(3)4)28(45)24(32(37)48)30(46)34(35,17-36)31(47)25(33)27(23)44/h7-10,13,29,43-44,46H,5-6,11-12,14-16,38-39H2,1-4H3,(H2,37,48)/t29-,33-,34+,35-/m1/s1. The maximum Gasteiger partial charge on any atom is 0.255 e. The number of aromatic hydroxyl groups is 1. The number of aliphatic hydroxyl groups is 2. The summed E-state index contributed by atoms with van der Waals surface area (Å²) in [5.41, 5.74) is 14.6. The summed E-state index contributed by atoms with van der Waals surface area (Å²) in [6, 6.07) is 9.89. The molecule has 0 spiro atoms. The molecule has 4 atom stereocenters. The fourth-order valence-electron chi connectivity index (χ4n) is 8.49. The summed E-state index contributed by atoms with van der Waals surface area (Å²) in [4.78, 5) is 46.4. The van der Waals surface area contributed by atoms with E-state index in [0.29, 0.717) is 22.4 Å². The predicted molar refractivity (Wildman–Crippen MR) is 178 cm³/mol. The van der Waals surface area contributed by atoms with Gasteiger partial charge in [-0.05, 0) is 75.6 Å². The first-order valence-electron chi connectivity index (χ1n) is 15.8. The zero-order valence-electron chi connectivity index (χ0n) is 27.5. The number of benzene rings is 2. The Bertz CT molecular complexity index is 1870. The molecular formula is C35H41N7O6. The molecule has 0 bridgehead atoms. The molecule has 48 heavy (non-hydrogen) atoms. The van der Waals surface area contributed by atoms with E-state index < -0.39 is 69.1 Å². The van der Waals surface area contributed by atoms with Crippen LogP contribution in [0.15, 0.2) is 47.2 Å². The third-order valence-corrected chi connectivity index (χ3v) is 10.6. The number of likely N-dealkylation sites (N-methyl/N-ethyl adjacent to an activating group) is 1. The van der Waals surface area contributed by atoms with Crippen LogP contribution in [0.5, 0.6) is 5.75 Å². The number of phenols is 1. The molecule has 0 radical (unpaired) electrons. The Kier molecular flexibility index (Phi) is 7.72. The summed E-state index contributed by atoms with van der Waals surface area (Å²) in [5.74, 6) is -5.63. The van der Waals surface area contributed by atoms with E-state index in [1.807, 2.05) is 30.3 Å². The zero-order chi connectivity index (χ0) is 35.1. The van der Waals surface area contributed by atoms with Crippen molar-refractivity contribution in [2.75, 3.05) is 46.2 Å². The highest BCUT2D eigenvalue weighted by atomic mass is 16.3. The van der Waals surface area contributed by atoms with Crippen molar-refractivity contribution >= 4 is 28.9 Å². The van der Waals surface area contributed by atoms with Gasteiger partial charge in [0.05, 0.1) is 34.3 Å². The molecule has 1 saturated heterocycles. The van der Waals surface area contributed by atoms with Crippen LogP contribution >= 0.6 is 0 Å². The van der Waals surface area contributed by atoms with Gasteiger partial charge in [0.25, 0.3) is 5.91 Å². The van der Waals surface area contributed by atoms with Crippen LogP contribution in [-0.4, -0.2) is 101 Å². The Morgan fingerprint density at radius 1 is 1.06 bits per heavy atom.